The lowest BCUT2D eigenvalue weighted by molar-refractivity contribution is -0.121. The number of nitrogens with one attached hydrogen (secondary N) is 3. The number of amides is 2. The fourth-order valence-corrected chi connectivity index (χ4v) is 3.57. The van der Waals surface area contributed by atoms with Crippen LogP contribution in [0.2, 0.25) is 0 Å². The third-order valence-electron chi connectivity index (χ3n) is 4.94. The average Bonchev–Trinajstić information content (AvgIpc) is 2.95. The highest BCUT2D eigenvalue weighted by Gasteiger charge is 2.17. The maximum absolute atomic E-state index is 11.9. The third-order valence-corrected chi connectivity index (χ3v) is 4.94. The molecule has 0 bridgehead atoms. The van der Waals surface area contributed by atoms with Gasteiger partial charge >= 0.3 is 0 Å². The van der Waals surface area contributed by atoms with Crippen molar-refractivity contribution < 1.29 is 9.59 Å². The van der Waals surface area contributed by atoms with Crippen LogP contribution in [-0.4, -0.2) is 31.4 Å². The second kappa shape index (κ2) is 9.78. The number of piperidine rings is 1. The van der Waals surface area contributed by atoms with Crippen molar-refractivity contribution >= 4 is 29.9 Å². The number of rotatable bonds is 7. The van der Waals surface area contributed by atoms with E-state index in [4.69, 9.17) is 0 Å². The SMILES string of the molecule is Cl.O=C(CCCc1ccc2c(c1)CC(=O)N2)NCCC1CCCNC1. The van der Waals surface area contributed by atoms with E-state index in [0.717, 1.165) is 50.1 Å². The molecule has 1 aromatic carbocycles. The fourth-order valence-electron chi connectivity index (χ4n) is 3.57. The summed E-state index contributed by atoms with van der Waals surface area (Å²) in [6.07, 6.45) is 6.36. The topological polar surface area (TPSA) is 70.2 Å². The molecule has 2 aliphatic heterocycles. The molecule has 3 N–H and O–H groups in total. The Bertz CT molecular complexity index is 600. The Kier molecular flexibility index (Phi) is 7.72. The van der Waals surface area contributed by atoms with Crippen molar-refractivity contribution in [2.24, 2.45) is 5.92 Å². The monoisotopic (exact) mass is 365 g/mol. The summed E-state index contributed by atoms with van der Waals surface area (Å²) in [5, 5.41) is 9.29. The van der Waals surface area contributed by atoms with Crippen molar-refractivity contribution in [1.29, 1.82) is 0 Å². The molecular weight excluding hydrogens is 338 g/mol. The largest absolute Gasteiger partial charge is 0.356 e. The van der Waals surface area contributed by atoms with Crippen molar-refractivity contribution in [2.45, 2.75) is 44.9 Å². The van der Waals surface area contributed by atoms with E-state index in [1.807, 2.05) is 12.1 Å². The highest BCUT2D eigenvalue weighted by molar-refractivity contribution is 5.99. The minimum atomic E-state index is 0. The van der Waals surface area contributed by atoms with Gasteiger partial charge in [0.25, 0.3) is 0 Å². The van der Waals surface area contributed by atoms with Crippen LogP contribution < -0.4 is 16.0 Å². The Morgan fingerprint density at radius 2 is 2.20 bits per heavy atom. The molecule has 3 rings (SSSR count). The normalized spacial score (nSPS) is 18.9. The maximum atomic E-state index is 11.9. The number of halogens is 1. The molecule has 0 spiro atoms. The Balaban J connectivity index is 0.00000225. The van der Waals surface area contributed by atoms with Crippen LogP contribution in [-0.2, 0) is 22.4 Å². The lowest BCUT2D eigenvalue weighted by Gasteiger charge is -2.22. The number of carbonyl (C=O) groups excluding carboxylic acids is 2. The van der Waals surface area contributed by atoms with Crippen LogP contribution in [0.4, 0.5) is 5.69 Å². The zero-order valence-corrected chi connectivity index (χ0v) is 15.4. The fraction of sp³-hybridized carbons (Fsp3) is 0.579. The first-order valence-corrected chi connectivity index (χ1v) is 9.10. The zero-order chi connectivity index (χ0) is 16.8. The zero-order valence-electron chi connectivity index (χ0n) is 14.6. The Labute approximate surface area is 155 Å². The molecule has 1 atom stereocenters. The lowest BCUT2D eigenvalue weighted by Crippen LogP contribution is -2.33. The van der Waals surface area contributed by atoms with Gasteiger partial charge in [0.2, 0.25) is 11.8 Å². The van der Waals surface area contributed by atoms with Gasteiger partial charge in [-0.25, -0.2) is 0 Å². The summed E-state index contributed by atoms with van der Waals surface area (Å²) < 4.78 is 0. The first kappa shape index (κ1) is 19.7. The first-order chi connectivity index (χ1) is 11.7. The van der Waals surface area contributed by atoms with Gasteiger partial charge in [0.15, 0.2) is 0 Å². The van der Waals surface area contributed by atoms with E-state index in [-0.39, 0.29) is 24.2 Å². The smallest absolute Gasteiger partial charge is 0.228 e. The average molecular weight is 366 g/mol. The quantitative estimate of drug-likeness (QED) is 0.695. The lowest BCUT2D eigenvalue weighted by atomic mass is 9.96. The number of aryl methyl sites for hydroxylation is 1. The molecule has 2 aliphatic rings. The number of hydrogen-bond donors (Lipinski definition) is 3. The van der Waals surface area contributed by atoms with Crippen LogP contribution in [0.1, 0.15) is 43.2 Å². The van der Waals surface area contributed by atoms with Gasteiger partial charge in [0.1, 0.15) is 0 Å². The molecule has 1 fully saturated rings. The molecule has 2 amide bonds. The molecule has 1 unspecified atom stereocenters. The van der Waals surface area contributed by atoms with Gasteiger partial charge < -0.3 is 16.0 Å². The van der Waals surface area contributed by atoms with Crippen LogP contribution in [0.15, 0.2) is 18.2 Å². The van der Waals surface area contributed by atoms with Crippen LogP contribution in [0.25, 0.3) is 0 Å². The molecule has 0 aromatic heterocycles. The van der Waals surface area contributed by atoms with Gasteiger partial charge in [0.05, 0.1) is 6.42 Å². The minimum Gasteiger partial charge on any atom is -0.356 e. The number of fused-ring (bicyclic) bond motifs is 1. The number of hydrogen-bond acceptors (Lipinski definition) is 3. The number of anilines is 1. The minimum absolute atomic E-state index is 0. The van der Waals surface area contributed by atoms with Crippen molar-refractivity contribution in [3.8, 4) is 0 Å². The number of carbonyl (C=O) groups is 2. The second-order valence-corrected chi connectivity index (χ2v) is 6.92. The molecule has 5 nitrogen and oxygen atoms in total. The van der Waals surface area contributed by atoms with Crippen LogP contribution in [0, 0.1) is 5.92 Å². The predicted octanol–water partition coefficient (Wildman–Crippen LogP) is 2.43. The van der Waals surface area contributed by atoms with Crippen LogP contribution in [0.5, 0.6) is 0 Å². The van der Waals surface area contributed by atoms with E-state index in [1.54, 1.807) is 0 Å². The van der Waals surface area contributed by atoms with Gasteiger partial charge in [-0.05, 0) is 68.3 Å². The summed E-state index contributed by atoms with van der Waals surface area (Å²) in [6.45, 7) is 3.01. The van der Waals surface area contributed by atoms with E-state index in [9.17, 15) is 9.59 Å². The number of benzene rings is 1. The molecule has 1 saturated heterocycles. The van der Waals surface area contributed by atoms with E-state index in [0.29, 0.717) is 18.8 Å². The second-order valence-electron chi connectivity index (χ2n) is 6.92. The molecule has 0 radical (unpaired) electrons. The molecular formula is C19H28ClN3O2. The highest BCUT2D eigenvalue weighted by atomic mass is 35.5. The molecule has 25 heavy (non-hydrogen) atoms. The molecule has 6 heteroatoms. The molecule has 2 heterocycles. The molecule has 138 valence electrons. The first-order valence-electron chi connectivity index (χ1n) is 9.10. The molecule has 0 saturated carbocycles. The highest BCUT2D eigenvalue weighted by Crippen LogP contribution is 2.24. The van der Waals surface area contributed by atoms with Crippen molar-refractivity contribution in [3.05, 3.63) is 29.3 Å². The van der Waals surface area contributed by atoms with Gasteiger partial charge in [-0.3, -0.25) is 9.59 Å². The van der Waals surface area contributed by atoms with Gasteiger partial charge in [-0.1, -0.05) is 12.1 Å². The Hall–Kier alpha value is -1.59. The van der Waals surface area contributed by atoms with Gasteiger partial charge in [-0.2, -0.15) is 0 Å². The summed E-state index contributed by atoms with van der Waals surface area (Å²) in [5.74, 6) is 0.924. The summed E-state index contributed by atoms with van der Waals surface area (Å²) in [5.41, 5.74) is 3.20. The van der Waals surface area contributed by atoms with E-state index in [2.05, 4.69) is 22.0 Å². The molecule has 0 aliphatic carbocycles. The van der Waals surface area contributed by atoms with E-state index >= 15 is 0 Å². The Morgan fingerprint density at radius 1 is 1.32 bits per heavy atom. The predicted molar refractivity (Wildman–Crippen MR) is 102 cm³/mol. The third kappa shape index (κ3) is 6.01. The van der Waals surface area contributed by atoms with E-state index < -0.39 is 0 Å². The van der Waals surface area contributed by atoms with Crippen LogP contribution >= 0.6 is 12.4 Å². The van der Waals surface area contributed by atoms with Crippen LogP contribution in [0.3, 0.4) is 0 Å². The van der Waals surface area contributed by atoms with Crippen molar-refractivity contribution in [2.75, 3.05) is 25.0 Å². The summed E-state index contributed by atoms with van der Waals surface area (Å²) in [4.78, 5) is 23.3. The standard InChI is InChI=1S/C19H27N3O2.ClH/c23-18(21-10-8-15-4-2-9-20-13-15)5-1-3-14-6-7-17-16(11-14)12-19(24)22-17;/h6-7,11,15,20H,1-5,8-10,12-13H2,(H,21,23)(H,22,24);1H. The van der Waals surface area contributed by atoms with Crippen molar-refractivity contribution in [3.63, 3.8) is 0 Å². The summed E-state index contributed by atoms with van der Waals surface area (Å²) >= 11 is 0. The van der Waals surface area contributed by atoms with Crippen molar-refractivity contribution in [1.82, 2.24) is 10.6 Å². The van der Waals surface area contributed by atoms with E-state index in [1.165, 1.54) is 18.4 Å². The molecule has 1 aromatic rings. The Morgan fingerprint density at radius 3 is 3.00 bits per heavy atom. The van der Waals surface area contributed by atoms with Gasteiger partial charge in [0, 0.05) is 18.7 Å². The summed E-state index contributed by atoms with van der Waals surface area (Å²) in [6, 6.07) is 6.09. The maximum Gasteiger partial charge on any atom is 0.228 e. The van der Waals surface area contributed by atoms with Gasteiger partial charge in [-0.15, -0.1) is 12.4 Å². The summed E-state index contributed by atoms with van der Waals surface area (Å²) in [7, 11) is 0.